The highest BCUT2D eigenvalue weighted by atomic mass is 127. The quantitative estimate of drug-likeness (QED) is 0.691. The summed E-state index contributed by atoms with van der Waals surface area (Å²) in [6, 6.07) is 0. The normalized spacial score (nSPS) is 10.6. The summed E-state index contributed by atoms with van der Waals surface area (Å²) in [5.74, 6) is 0. The van der Waals surface area contributed by atoms with E-state index in [0.29, 0.717) is 5.52 Å². The van der Waals surface area contributed by atoms with Gasteiger partial charge >= 0.3 is 0 Å². The molecule has 0 aliphatic carbocycles. The summed E-state index contributed by atoms with van der Waals surface area (Å²) in [5, 5.41) is 0. The molecule has 0 aromatic carbocycles. The number of fused-ring (bicyclic) bond motifs is 1. The SMILES string of the molecule is O=c1[nH]cc(I)c2nc[nH]c12. The number of imidazole rings is 1. The summed E-state index contributed by atoms with van der Waals surface area (Å²) in [4.78, 5) is 20.4. The second-order valence-electron chi connectivity index (χ2n) is 2.09. The average Bonchev–Trinajstić information content (AvgIpc) is 2.45. The highest BCUT2D eigenvalue weighted by Gasteiger charge is 2.02. The molecule has 4 nitrogen and oxygen atoms in total. The number of hydrogen-bond donors (Lipinski definition) is 2. The van der Waals surface area contributed by atoms with Gasteiger partial charge in [0.1, 0.15) is 11.0 Å². The van der Waals surface area contributed by atoms with Crippen molar-refractivity contribution in [2.45, 2.75) is 0 Å². The zero-order chi connectivity index (χ0) is 7.84. The largest absolute Gasteiger partial charge is 0.340 e. The summed E-state index contributed by atoms with van der Waals surface area (Å²) in [7, 11) is 0. The van der Waals surface area contributed by atoms with Gasteiger partial charge in [-0.1, -0.05) is 0 Å². The van der Waals surface area contributed by atoms with Gasteiger partial charge in [0.25, 0.3) is 5.56 Å². The standard InChI is InChI=1S/C6H4IN3O/c7-3-1-8-6(11)5-4(3)9-2-10-5/h1-2H,(H,8,11)(H,9,10). The molecule has 0 aliphatic rings. The van der Waals surface area contributed by atoms with Gasteiger partial charge in [-0.15, -0.1) is 0 Å². The van der Waals surface area contributed by atoms with Gasteiger partial charge < -0.3 is 9.97 Å². The Labute approximate surface area is 75.2 Å². The van der Waals surface area contributed by atoms with Crippen molar-refractivity contribution < 1.29 is 0 Å². The van der Waals surface area contributed by atoms with Crippen molar-refractivity contribution in [3.05, 3.63) is 26.4 Å². The van der Waals surface area contributed by atoms with Crippen LogP contribution in [0, 0.1) is 3.57 Å². The van der Waals surface area contributed by atoms with E-state index in [1.165, 1.54) is 6.33 Å². The third kappa shape index (κ3) is 0.953. The van der Waals surface area contributed by atoms with Crippen LogP contribution >= 0.6 is 22.6 Å². The number of H-pyrrole nitrogens is 2. The van der Waals surface area contributed by atoms with Gasteiger partial charge in [-0.2, -0.15) is 0 Å². The minimum absolute atomic E-state index is 0.127. The van der Waals surface area contributed by atoms with Crippen molar-refractivity contribution >= 4 is 33.6 Å². The monoisotopic (exact) mass is 261 g/mol. The lowest BCUT2D eigenvalue weighted by Gasteiger charge is -1.89. The van der Waals surface area contributed by atoms with Crippen LogP contribution < -0.4 is 5.56 Å². The molecule has 0 radical (unpaired) electrons. The van der Waals surface area contributed by atoms with Gasteiger partial charge in [0, 0.05) is 6.20 Å². The lowest BCUT2D eigenvalue weighted by molar-refractivity contribution is 1.24. The van der Waals surface area contributed by atoms with E-state index in [1.54, 1.807) is 6.20 Å². The average molecular weight is 261 g/mol. The number of aromatic amines is 2. The van der Waals surface area contributed by atoms with Crippen molar-refractivity contribution in [1.82, 2.24) is 15.0 Å². The topological polar surface area (TPSA) is 61.5 Å². The second kappa shape index (κ2) is 2.33. The lowest BCUT2D eigenvalue weighted by atomic mass is 10.4. The van der Waals surface area contributed by atoms with Gasteiger partial charge in [-0.25, -0.2) is 4.98 Å². The Morgan fingerprint density at radius 1 is 1.45 bits per heavy atom. The van der Waals surface area contributed by atoms with E-state index in [0.717, 1.165) is 9.09 Å². The molecule has 0 saturated carbocycles. The Hall–Kier alpha value is -0.850. The predicted octanol–water partition coefficient (Wildman–Crippen LogP) is 0.856. The molecule has 2 rings (SSSR count). The molecule has 0 bridgehead atoms. The molecule has 0 fully saturated rings. The van der Waals surface area contributed by atoms with Crippen molar-refractivity contribution in [2.75, 3.05) is 0 Å². The first-order valence-corrected chi connectivity index (χ1v) is 4.07. The van der Waals surface area contributed by atoms with Crippen LogP contribution in [0.15, 0.2) is 17.3 Å². The second-order valence-corrected chi connectivity index (χ2v) is 3.25. The van der Waals surface area contributed by atoms with Gasteiger partial charge in [-0.3, -0.25) is 4.79 Å². The molecule has 0 aliphatic heterocycles. The number of nitrogens with zero attached hydrogens (tertiary/aromatic N) is 1. The zero-order valence-electron chi connectivity index (χ0n) is 5.39. The smallest absolute Gasteiger partial charge is 0.273 e. The molecular formula is C6H4IN3O. The summed E-state index contributed by atoms with van der Waals surface area (Å²) >= 11 is 2.12. The first-order chi connectivity index (χ1) is 5.29. The van der Waals surface area contributed by atoms with E-state index in [1.807, 2.05) is 0 Å². The van der Waals surface area contributed by atoms with E-state index in [9.17, 15) is 4.79 Å². The molecular weight excluding hydrogens is 257 g/mol. The van der Waals surface area contributed by atoms with Gasteiger partial charge in [-0.05, 0) is 22.6 Å². The Morgan fingerprint density at radius 3 is 3.00 bits per heavy atom. The molecule has 56 valence electrons. The van der Waals surface area contributed by atoms with E-state index < -0.39 is 0 Å². The molecule has 2 aromatic heterocycles. The van der Waals surface area contributed by atoms with Crippen molar-refractivity contribution in [3.8, 4) is 0 Å². The predicted molar refractivity (Wildman–Crippen MR) is 49.4 cm³/mol. The van der Waals surface area contributed by atoms with Gasteiger partial charge in [0.2, 0.25) is 0 Å². The molecule has 0 spiro atoms. The molecule has 0 unspecified atom stereocenters. The number of rotatable bonds is 0. The summed E-state index contributed by atoms with van der Waals surface area (Å²) < 4.78 is 0.943. The number of aromatic nitrogens is 3. The van der Waals surface area contributed by atoms with Crippen molar-refractivity contribution in [1.29, 1.82) is 0 Å². The van der Waals surface area contributed by atoms with Gasteiger partial charge in [0.15, 0.2) is 0 Å². The number of hydrogen-bond acceptors (Lipinski definition) is 2. The third-order valence-electron chi connectivity index (χ3n) is 1.42. The molecule has 0 saturated heterocycles. The number of pyridine rings is 1. The van der Waals surface area contributed by atoms with E-state index in [4.69, 9.17) is 0 Å². The highest BCUT2D eigenvalue weighted by molar-refractivity contribution is 14.1. The first-order valence-electron chi connectivity index (χ1n) is 2.99. The molecule has 5 heteroatoms. The van der Waals surface area contributed by atoms with Crippen molar-refractivity contribution in [3.63, 3.8) is 0 Å². The maximum absolute atomic E-state index is 11.1. The molecule has 0 amide bonds. The fourth-order valence-electron chi connectivity index (χ4n) is 0.918. The fourth-order valence-corrected chi connectivity index (χ4v) is 1.48. The van der Waals surface area contributed by atoms with Crippen molar-refractivity contribution in [2.24, 2.45) is 0 Å². The first kappa shape index (κ1) is 6.84. The van der Waals surface area contributed by atoms with Crippen LogP contribution in [0.5, 0.6) is 0 Å². The van der Waals surface area contributed by atoms with Crippen LogP contribution in [0.25, 0.3) is 11.0 Å². The summed E-state index contributed by atoms with van der Waals surface area (Å²) in [6.07, 6.45) is 3.16. The molecule has 2 aromatic rings. The van der Waals surface area contributed by atoms with Crippen LogP contribution in [0.1, 0.15) is 0 Å². The molecule has 2 N–H and O–H groups in total. The fraction of sp³-hybridized carbons (Fsp3) is 0. The maximum Gasteiger partial charge on any atom is 0.273 e. The number of nitrogens with one attached hydrogen (secondary N) is 2. The lowest BCUT2D eigenvalue weighted by Crippen LogP contribution is -2.05. The van der Waals surface area contributed by atoms with Crippen LogP contribution in [0.2, 0.25) is 0 Å². The van der Waals surface area contributed by atoms with Crippen LogP contribution in [-0.4, -0.2) is 15.0 Å². The summed E-state index contributed by atoms with van der Waals surface area (Å²) in [5.41, 5.74) is 1.14. The van der Waals surface area contributed by atoms with E-state index in [-0.39, 0.29) is 5.56 Å². The van der Waals surface area contributed by atoms with Crippen LogP contribution in [0.4, 0.5) is 0 Å². The van der Waals surface area contributed by atoms with Gasteiger partial charge in [0.05, 0.1) is 9.90 Å². The maximum atomic E-state index is 11.1. The Morgan fingerprint density at radius 2 is 2.27 bits per heavy atom. The Bertz CT molecular complexity index is 444. The molecule has 11 heavy (non-hydrogen) atoms. The van der Waals surface area contributed by atoms with Crippen LogP contribution in [0.3, 0.4) is 0 Å². The third-order valence-corrected chi connectivity index (χ3v) is 2.24. The summed E-state index contributed by atoms with van der Waals surface area (Å²) in [6.45, 7) is 0. The van der Waals surface area contributed by atoms with E-state index in [2.05, 4.69) is 37.5 Å². The Balaban J connectivity index is 3.08. The highest BCUT2D eigenvalue weighted by Crippen LogP contribution is 2.10. The minimum Gasteiger partial charge on any atom is -0.340 e. The zero-order valence-corrected chi connectivity index (χ0v) is 7.55. The van der Waals surface area contributed by atoms with Crippen LogP contribution in [-0.2, 0) is 0 Å². The van der Waals surface area contributed by atoms with E-state index >= 15 is 0 Å². The Kier molecular flexibility index (Phi) is 1.45. The molecule has 0 atom stereocenters. The number of halogens is 1. The minimum atomic E-state index is -0.127. The molecule has 2 heterocycles.